The molecule has 0 saturated heterocycles. The number of hydrogen-bond acceptors (Lipinski definition) is 5. The number of nitrogens with zero attached hydrogens (tertiary/aromatic N) is 5. The molecule has 2 heterocycles. The van der Waals surface area contributed by atoms with Gasteiger partial charge >= 0.3 is 0 Å². The minimum Gasteiger partial charge on any atom is -0.393 e. The van der Waals surface area contributed by atoms with Crippen LogP contribution in [0.4, 0.5) is 8.78 Å². The fourth-order valence-electron chi connectivity index (χ4n) is 4.35. The fraction of sp³-hybridized carbons (Fsp3) is 0.273. The number of H-pyrrole nitrogens is 1. The molecule has 1 fully saturated rings. The average molecular weight is 491 g/mol. The molecule has 0 aliphatic heterocycles. The Balaban J connectivity index is 1.85. The van der Waals surface area contributed by atoms with E-state index in [4.69, 9.17) is 28.2 Å². The molecule has 33 heavy (non-hydrogen) atoms. The second kappa shape index (κ2) is 8.81. The van der Waals surface area contributed by atoms with Crippen LogP contribution in [-0.2, 0) is 0 Å². The summed E-state index contributed by atoms with van der Waals surface area (Å²) >= 11 is 12.2. The van der Waals surface area contributed by atoms with Gasteiger partial charge in [-0.05, 0) is 54.8 Å². The second-order valence-corrected chi connectivity index (χ2v) is 8.77. The highest BCUT2D eigenvalue weighted by Crippen LogP contribution is 2.41. The quantitative estimate of drug-likeness (QED) is 0.403. The summed E-state index contributed by atoms with van der Waals surface area (Å²) in [6.45, 7) is 0. The summed E-state index contributed by atoms with van der Waals surface area (Å²) in [4.78, 5) is 4.81. The van der Waals surface area contributed by atoms with Gasteiger partial charge in [-0.3, -0.25) is 4.57 Å². The van der Waals surface area contributed by atoms with E-state index in [9.17, 15) is 9.50 Å². The fourth-order valence-corrected chi connectivity index (χ4v) is 4.70. The molecule has 0 spiro atoms. The number of hydrogen-bond donors (Lipinski definition) is 2. The van der Waals surface area contributed by atoms with Crippen molar-refractivity contribution in [1.29, 1.82) is 0 Å². The van der Waals surface area contributed by atoms with Gasteiger partial charge in [0.25, 0.3) is 0 Å². The Hall–Kier alpha value is -2.88. The van der Waals surface area contributed by atoms with Crippen molar-refractivity contribution >= 4 is 23.2 Å². The maximum Gasteiger partial charge on any atom is 0.225 e. The smallest absolute Gasteiger partial charge is 0.225 e. The zero-order valence-corrected chi connectivity index (χ0v) is 18.7. The first-order valence-corrected chi connectivity index (χ1v) is 11.1. The number of benzene rings is 2. The average Bonchev–Trinajstić information content (AvgIpc) is 3.46. The van der Waals surface area contributed by atoms with E-state index in [-0.39, 0.29) is 27.5 Å². The van der Waals surface area contributed by atoms with Crippen molar-refractivity contribution in [3.8, 4) is 28.5 Å². The standard InChI is InChI=1S/C22H18Cl2F2N6O/c23-14-5-2-6-17(18(14)26)32-20(11-7-8-16(25)15(24)10-11)19(21-28-30-31-29-21)27-22(32)12-3-1-4-13(33)9-12/h2,5-8,10,12-13,33H,1,3-4,9H2,(H,28,29,30,31). The van der Waals surface area contributed by atoms with Crippen LogP contribution in [0.1, 0.15) is 37.4 Å². The molecule has 0 bridgehead atoms. The van der Waals surface area contributed by atoms with E-state index < -0.39 is 17.7 Å². The number of imidazole rings is 1. The van der Waals surface area contributed by atoms with Crippen LogP contribution < -0.4 is 0 Å². The zero-order chi connectivity index (χ0) is 23.1. The number of rotatable bonds is 4. The Kier molecular flexibility index (Phi) is 5.86. The lowest BCUT2D eigenvalue weighted by Gasteiger charge is -2.26. The first kappa shape index (κ1) is 21.9. The number of nitrogens with one attached hydrogen (secondary N) is 1. The van der Waals surface area contributed by atoms with E-state index in [1.165, 1.54) is 24.3 Å². The molecule has 7 nitrogen and oxygen atoms in total. The molecule has 1 aliphatic rings. The number of aromatic nitrogens is 6. The van der Waals surface area contributed by atoms with Crippen LogP contribution in [0.3, 0.4) is 0 Å². The van der Waals surface area contributed by atoms with Crippen LogP contribution in [0.5, 0.6) is 0 Å². The van der Waals surface area contributed by atoms with E-state index >= 15 is 4.39 Å². The van der Waals surface area contributed by atoms with Crippen LogP contribution >= 0.6 is 23.2 Å². The van der Waals surface area contributed by atoms with E-state index in [1.54, 1.807) is 16.7 Å². The Morgan fingerprint density at radius 3 is 2.67 bits per heavy atom. The molecule has 5 rings (SSSR count). The van der Waals surface area contributed by atoms with Crippen molar-refractivity contribution in [3.05, 3.63) is 63.9 Å². The number of aromatic amines is 1. The maximum atomic E-state index is 15.3. The minimum atomic E-state index is -0.636. The largest absolute Gasteiger partial charge is 0.393 e. The van der Waals surface area contributed by atoms with Crippen molar-refractivity contribution in [2.45, 2.75) is 37.7 Å². The molecule has 2 N–H and O–H groups in total. The number of halogens is 4. The van der Waals surface area contributed by atoms with Gasteiger partial charge in [-0.1, -0.05) is 35.7 Å². The third kappa shape index (κ3) is 4.01. The molecular formula is C22H18Cl2F2N6O. The third-order valence-electron chi connectivity index (χ3n) is 5.84. The highest BCUT2D eigenvalue weighted by Gasteiger charge is 2.32. The lowest BCUT2D eigenvalue weighted by Crippen LogP contribution is -2.21. The Labute approximate surface area is 197 Å². The molecular weight excluding hydrogens is 473 g/mol. The number of aliphatic hydroxyl groups excluding tert-OH is 1. The van der Waals surface area contributed by atoms with Crippen molar-refractivity contribution < 1.29 is 13.9 Å². The summed E-state index contributed by atoms with van der Waals surface area (Å²) < 4.78 is 30.9. The van der Waals surface area contributed by atoms with Crippen LogP contribution in [-0.4, -0.2) is 41.4 Å². The summed E-state index contributed by atoms with van der Waals surface area (Å²) in [5.74, 6) is -0.683. The van der Waals surface area contributed by atoms with Crippen LogP contribution in [0.15, 0.2) is 36.4 Å². The molecule has 1 aliphatic carbocycles. The summed E-state index contributed by atoms with van der Waals surface area (Å²) in [6, 6.07) is 8.87. The molecule has 1 saturated carbocycles. The van der Waals surface area contributed by atoms with Crippen LogP contribution in [0, 0.1) is 11.6 Å². The first-order valence-electron chi connectivity index (χ1n) is 10.4. The number of aliphatic hydroxyl groups is 1. The van der Waals surface area contributed by atoms with E-state index in [2.05, 4.69) is 20.6 Å². The first-order chi connectivity index (χ1) is 15.9. The van der Waals surface area contributed by atoms with Gasteiger partial charge in [-0.25, -0.2) is 13.8 Å². The lowest BCUT2D eigenvalue weighted by molar-refractivity contribution is 0.117. The molecule has 2 aromatic carbocycles. The van der Waals surface area contributed by atoms with Gasteiger partial charge in [0.05, 0.1) is 27.5 Å². The lowest BCUT2D eigenvalue weighted by atomic mass is 9.86. The van der Waals surface area contributed by atoms with Crippen molar-refractivity contribution in [2.24, 2.45) is 0 Å². The summed E-state index contributed by atoms with van der Waals surface area (Å²) in [6.07, 6.45) is 2.22. The summed E-state index contributed by atoms with van der Waals surface area (Å²) in [7, 11) is 0. The molecule has 2 atom stereocenters. The summed E-state index contributed by atoms with van der Waals surface area (Å²) in [5, 5.41) is 24.3. The Bertz CT molecular complexity index is 1310. The van der Waals surface area contributed by atoms with Gasteiger partial charge in [0.2, 0.25) is 5.82 Å². The topological polar surface area (TPSA) is 92.5 Å². The molecule has 170 valence electrons. The predicted molar refractivity (Wildman–Crippen MR) is 119 cm³/mol. The molecule has 0 radical (unpaired) electrons. The van der Waals surface area contributed by atoms with Gasteiger partial charge in [0.15, 0.2) is 5.82 Å². The summed E-state index contributed by atoms with van der Waals surface area (Å²) in [5.41, 5.74) is 1.38. The molecule has 4 aromatic rings. The molecule has 2 unspecified atom stereocenters. The van der Waals surface area contributed by atoms with Gasteiger partial charge < -0.3 is 5.11 Å². The van der Waals surface area contributed by atoms with E-state index in [0.717, 1.165) is 12.8 Å². The SMILES string of the molecule is OC1CCCC(c2nc(-c3nn[nH]n3)c(-c3ccc(F)c(Cl)c3)n2-c2cccc(Cl)c2F)C1. The maximum absolute atomic E-state index is 15.3. The Morgan fingerprint density at radius 1 is 1.09 bits per heavy atom. The Morgan fingerprint density at radius 2 is 1.94 bits per heavy atom. The highest BCUT2D eigenvalue weighted by molar-refractivity contribution is 6.31. The van der Waals surface area contributed by atoms with Gasteiger partial charge in [0.1, 0.15) is 17.3 Å². The number of tetrazole rings is 1. The van der Waals surface area contributed by atoms with Crippen LogP contribution in [0.2, 0.25) is 10.0 Å². The molecule has 2 aromatic heterocycles. The van der Waals surface area contributed by atoms with Crippen molar-refractivity contribution in [2.75, 3.05) is 0 Å². The van der Waals surface area contributed by atoms with Crippen molar-refractivity contribution in [1.82, 2.24) is 30.2 Å². The monoisotopic (exact) mass is 490 g/mol. The molecule has 11 heteroatoms. The zero-order valence-electron chi connectivity index (χ0n) is 17.1. The van der Waals surface area contributed by atoms with Gasteiger partial charge in [0, 0.05) is 11.5 Å². The van der Waals surface area contributed by atoms with Gasteiger partial charge in [-0.2, -0.15) is 5.21 Å². The predicted octanol–water partition coefficient (Wildman–Crippen LogP) is 5.32. The molecule has 0 amide bonds. The second-order valence-electron chi connectivity index (χ2n) is 7.96. The van der Waals surface area contributed by atoms with Crippen molar-refractivity contribution in [3.63, 3.8) is 0 Å². The minimum absolute atomic E-state index is 0.0555. The third-order valence-corrected chi connectivity index (χ3v) is 6.42. The normalized spacial score (nSPS) is 18.6. The van der Waals surface area contributed by atoms with E-state index in [1.807, 2.05) is 0 Å². The van der Waals surface area contributed by atoms with Crippen LogP contribution in [0.25, 0.3) is 28.5 Å². The van der Waals surface area contributed by atoms with E-state index in [0.29, 0.717) is 35.6 Å². The highest BCUT2D eigenvalue weighted by atomic mass is 35.5. The van der Waals surface area contributed by atoms with Gasteiger partial charge in [-0.15, -0.1) is 10.2 Å².